The molecule has 0 aromatic carbocycles. The van der Waals surface area contributed by atoms with Crippen LogP contribution >= 0.6 is 11.3 Å². The lowest BCUT2D eigenvalue weighted by atomic mass is 9.86. The van der Waals surface area contributed by atoms with Crippen molar-refractivity contribution in [2.24, 2.45) is 13.0 Å². The number of amides is 1. The van der Waals surface area contributed by atoms with Gasteiger partial charge in [-0.25, -0.2) is 4.98 Å². The number of rotatable bonds is 6. The maximum absolute atomic E-state index is 12.3. The summed E-state index contributed by atoms with van der Waals surface area (Å²) >= 11 is 1.84. The van der Waals surface area contributed by atoms with Crippen molar-refractivity contribution in [3.8, 4) is 0 Å². The summed E-state index contributed by atoms with van der Waals surface area (Å²) in [6.07, 6.45) is 8.46. The van der Waals surface area contributed by atoms with E-state index in [2.05, 4.69) is 22.3 Å². The van der Waals surface area contributed by atoms with Gasteiger partial charge in [-0.1, -0.05) is 6.42 Å². The van der Waals surface area contributed by atoms with Gasteiger partial charge in [0.05, 0.1) is 17.2 Å². The zero-order valence-electron chi connectivity index (χ0n) is 15.7. The van der Waals surface area contributed by atoms with Gasteiger partial charge in [0.2, 0.25) is 5.91 Å². The number of thiazole rings is 1. The highest BCUT2D eigenvalue weighted by molar-refractivity contribution is 7.11. The lowest BCUT2D eigenvalue weighted by Crippen LogP contribution is -2.29. The van der Waals surface area contributed by atoms with E-state index in [-0.39, 0.29) is 17.9 Å². The van der Waals surface area contributed by atoms with Crippen LogP contribution in [0.15, 0.2) is 12.4 Å². The molecule has 140 valence electrons. The number of aromatic nitrogens is 3. The largest absolute Gasteiger partial charge is 0.338 e. The third kappa shape index (κ3) is 3.18. The van der Waals surface area contributed by atoms with Gasteiger partial charge < -0.3 is 10.2 Å². The van der Waals surface area contributed by atoms with E-state index >= 15 is 0 Å². The lowest BCUT2D eigenvalue weighted by molar-refractivity contribution is -0.127. The molecule has 6 nitrogen and oxygen atoms in total. The standard InChI is InChI=1S/C19H27N5OS/c1-12-16(11-22-24(12)3)18-14(7-17(25)23(18)2)8-20-9-15-10-21-19(26-15)13-5-4-6-13/h10-11,13-14,18,20H,4-9H2,1-3H3/t14-,18+/m0/s1. The predicted molar refractivity (Wildman–Crippen MR) is 102 cm³/mol. The van der Waals surface area contributed by atoms with Crippen LogP contribution in [0.1, 0.15) is 58.8 Å². The van der Waals surface area contributed by atoms with E-state index in [1.807, 2.05) is 47.4 Å². The molecule has 0 unspecified atom stereocenters. The quantitative estimate of drug-likeness (QED) is 0.846. The molecule has 1 amide bonds. The highest BCUT2D eigenvalue weighted by Crippen LogP contribution is 2.39. The van der Waals surface area contributed by atoms with Gasteiger partial charge in [-0.05, 0) is 19.8 Å². The number of carbonyl (C=O) groups excluding carboxylic acids is 1. The molecule has 26 heavy (non-hydrogen) atoms. The number of nitrogens with zero attached hydrogens (tertiary/aromatic N) is 4. The molecule has 1 saturated heterocycles. The molecule has 0 radical (unpaired) electrons. The number of carbonyl (C=O) groups is 1. The lowest BCUT2D eigenvalue weighted by Gasteiger charge is -2.25. The van der Waals surface area contributed by atoms with Crippen molar-refractivity contribution in [3.05, 3.63) is 33.5 Å². The Morgan fingerprint density at radius 1 is 1.31 bits per heavy atom. The average Bonchev–Trinajstić information content (AvgIpc) is 3.21. The molecule has 4 rings (SSSR count). The second kappa shape index (κ2) is 7.12. The molecule has 3 heterocycles. The Kier molecular flexibility index (Phi) is 4.84. The Morgan fingerprint density at radius 3 is 2.77 bits per heavy atom. The molecule has 0 bridgehead atoms. The summed E-state index contributed by atoms with van der Waals surface area (Å²) in [5.41, 5.74) is 2.30. The molecule has 0 spiro atoms. The zero-order valence-corrected chi connectivity index (χ0v) is 16.6. The summed E-state index contributed by atoms with van der Waals surface area (Å²) < 4.78 is 1.88. The minimum absolute atomic E-state index is 0.107. The fraction of sp³-hybridized carbons (Fsp3) is 0.632. The Morgan fingerprint density at radius 2 is 2.12 bits per heavy atom. The molecule has 1 N–H and O–H groups in total. The van der Waals surface area contributed by atoms with Gasteiger partial charge in [-0.15, -0.1) is 11.3 Å². The highest BCUT2D eigenvalue weighted by Gasteiger charge is 2.39. The van der Waals surface area contributed by atoms with Crippen LogP contribution in [0.2, 0.25) is 0 Å². The number of hydrogen-bond donors (Lipinski definition) is 1. The summed E-state index contributed by atoms with van der Waals surface area (Å²) in [6, 6.07) is 0.107. The van der Waals surface area contributed by atoms with Crippen LogP contribution in [-0.2, 0) is 18.4 Å². The van der Waals surface area contributed by atoms with Gasteiger partial charge in [0, 0.05) is 67.8 Å². The smallest absolute Gasteiger partial charge is 0.223 e. The van der Waals surface area contributed by atoms with Crippen LogP contribution in [0.3, 0.4) is 0 Å². The molecule has 2 aliphatic rings. The minimum Gasteiger partial charge on any atom is -0.338 e. The third-order valence-corrected chi connectivity index (χ3v) is 7.18. The van der Waals surface area contributed by atoms with Gasteiger partial charge in [-0.2, -0.15) is 5.10 Å². The van der Waals surface area contributed by atoms with Crippen molar-refractivity contribution < 1.29 is 4.79 Å². The van der Waals surface area contributed by atoms with E-state index in [9.17, 15) is 4.79 Å². The van der Waals surface area contributed by atoms with E-state index in [0.29, 0.717) is 12.3 Å². The zero-order chi connectivity index (χ0) is 18.3. The van der Waals surface area contributed by atoms with Gasteiger partial charge >= 0.3 is 0 Å². The Bertz CT molecular complexity index is 794. The van der Waals surface area contributed by atoms with E-state index < -0.39 is 0 Å². The molecule has 1 saturated carbocycles. The molecule has 1 aliphatic heterocycles. The molecular formula is C19H27N5OS. The summed E-state index contributed by atoms with van der Waals surface area (Å²) in [5.74, 6) is 1.19. The first-order valence-corrected chi connectivity index (χ1v) is 10.3. The first-order chi connectivity index (χ1) is 12.5. The van der Waals surface area contributed by atoms with E-state index in [0.717, 1.165) is 24.3 Å². The molecule has 2 aromatic heterocycles. The number of likely N-dealkylation sites (tertiary alicyclic amines) is 1. The van der Waals surface area contributed by atoms with Crippen LogP contribution in [0.4, 0.5) is 0 Å². The summed E-state index contributed by atoms with van der Waals surface area (Å²) in [5, 5.41) is 9.23. The fourth-order valence-electron chi connectivity index (χ4n) is 4.03. The molecule has 2 atom stereocenters. The van der Waals surface area contributed by atoms with Gasteiger partial charge in [0.15, 0.2) is 0 Å². The highest BCUT2D eigenvalue weighted by atomic mass is 32.1. The van der Waals surface area contributed by atoms with Gasteiger partial charge in [0.1, 0.15) is 0 Å². The molecule has 2 fully saturated rings. The van der Waals surface area contributed by atoms with Crippen molar-refractivity contribution >= 4 is 17.2 Å². The topological polar surface area (TPSA) is 63.1 Å². The van der Waals surface area contributed by atoms with Crippen LogP contribution in [0.5, 0.6) is 0 Å². The summed E-state index contributed by atoms with van der Waals surface area (Å²) in [7, 11) is 3.86. The average molecular weight is 374 g/mol. The van der Waals surface area contributed by atoms with Crippen molar-refractivity contribution in [1.82, 2.24) is 25.0 Å². The number of aryl methyl sites for hydroxylation is 1. The van der Waals surface area contributed by atoms with Crippen LogP contribution < -0.4 is 5.32 Å². The summed E-state index contributed by atoms with van der Waals surface area (Å²) in [4.78, 5) is 20.1. The monoisotopic (exact) mass is 373 g/mol. The maximum Gasteiger partial charge on any atom is 0.223 e. The van der Waals surface area contributed by atoms with E-state index in [1.54, 1.807) is 0 Å². The molecule has 1 aliphatic carbocycles. The van der Waals surface area contributed by atoms with Gasteiger partial charge in [0.25, 0.3) is 0 Å². The normalized spacial score (nSPS) is 23.7. The Labute approximate surface area is 158 Å². The molecule has 7 heteroatoms. The maximum atomic E-state index is 12.3. The Hall–Kier alpha value is -1.73. The van der Waals surface area contributed by atoms with Crippen molar-refractivity contribution in [3.63, 3.8) is 0 Å². The van der Waals surface area contributed by atoms with Crippen molar-refractivity contribution in [2.45, 2.75) is 51.1 Å². The summed E-state index contributed by atoms with van der Waals surface area (Å²) in [6.45, 7) is 3.73. The van der Waals surface area contributed by atoms with Crippen LogP contribution in [-0.4, -0.2) is 39.2 Å². The first kappa shape index (κ1) is 17.7. The van der Waals surface area contributed by atoms with Crippen LogP contribution in [0, 0.1) is 12.8 Å². The van der Waals surface area contributed by atoms with Crippen molar-refractivity contribution in [2.75, 3.05) is 13.6 Å². The van der Waals surface area contributed by atoms with Crippen LogP contribution in [0.25, 0.3) is 0 Å². The minimum atomic E-state index is 0.107. The number of nitrogens with one attached hydrogen (secondary N) is 1. The third-order valence-electron chi connectivity index (χ3n) is 6.02. The van der Waals surface area contributed by atoms with E-state index in [4.69, 9.17) is 0 Å². The second-order valence-electron chi connectivity index (χ2n) is 7.65. The Balaban J connectivity index is 1.39. The predicted octanol–water partition coefficient (Wildman–Crippen LogP) is 2.76. The fourth-order valence-corrected chi connectivity index (χ4v) is 5.09. The molecular weight excluding hydrogens is 346 g/mol. The van der Waals surface area contributed by atoms with Crippen molar-refractivity contribution in [1.29, 1.82) is 0 Å². The SMILES string of the molecule is Cc1c([C@H]2[C@H](CNCc3cnc(C4CCC4)s3)CC(=O)N2C)cnn1C. The first-order valence-electron chi connectivity index (χ1n) is 9.44. The second-order valence-corrected chi connectivity index (χ2v) is 8.79. The van der Waals surface area contributed by atoms with Gasteiger partial charge in [-0.3, -0.25) is 9.48 Å². The number of hydrogen-bond acceptors (Lipinski definition) is 5. The van der Waals surface area contributed by atoms with E-state index in [1.165, 1.54) is 29.1 Å². The molecule has 2 aromatic rings.